The van der Waals surface area contributed by atoms with Gasteiger partial charge in [0, 0.05) is 17.5 Å². The molecule has 16 heavy (non-hydrogen) atoms. The lowest BCUT2D eigenvalue weighted by molar-refractivity contribution is 0.344. The predicted octanol–water partition coefficient (Wildman–Crippen LogP) is 3.43. The van der Waals surface area contributed by atoms with Crippen LogP contribution in [0.3, 0.4) is 0 Å². The highest BCUT2D eigenvalue weighted by atomic mass is 32.2. The Morgan fingerprint density at radius 2 is 2.12 bits per heavy atom. The lowest BCUT2D eigenvalue weighted by Crippen LogP contribution is -2.01. The molecule has 0 aliphatic heterocycles. The summed E-state index contributed by atoms with van der Waals surface area (Å²) >= 11 is 1.95. The molecule has 0 spiro atoms. The van der Waals surface area contributed by atoms with Gasteiger partial charge in [-0.25, -0.2) is 0 Å². The summed E-state index contributed by atoms with van der Waals surface area (Å²) in [5, 5.41) is 0. The fourth-order valence-corrected chi connectivity index (χ4v) is 2.29. The predicted molar refractivity (Wildman–Crippen MR) is 73.1 cm³/mol. The zero-order chi connectivity index (χ0) is 11.8. The van der Waals surface area contributed by atoms with E-state index in [1.807, 2.05) is 36.0 Å². The van der Waals surface area contributed by atoms with Crippen LogP contribution in [-0.4, -0.2) is 18.1 Å². The molecular formula is C13H21NOS. The molecule has 0 amide bonds. The number of hydrogen-bond donors (Lipinski definition) is 1. The van der Waals surface area contributed by atoms with Crippen LogP contribution in [0, 0.1) is 5.92 Å². The first kappa shape index (κ1) is 13.2. The van der Waals surface area contributed by atoms with E-state index in [-0.39, 0.29) is 0 Å². The van der Waals surface area contributed by atoms with Crippen molar-refractivity contribution in [2.45, 2.75) is 20.3 Å². The van der Waals surface area contributed by atoms with E-state index in [1.54, 1.807) is 0 Å². The van der Waals surface area contributed by atoms with E-state index in [2.05, 4.69) is 13.8 Å². The number of ether oxygens (including phenoxy) is 1. The summed E-state index contributed by atoms with van der Waals surface area (Å²) in [6.07, 6.45) is 1.28. The van der Waals surface area contributed by atoms with Gasteiger partial charge in [-0.3, -0.25) is 0 Å². The number of hydrogen-bond acceptors (Lipinski definition) is 3. The summed E-state index contributed by atoms with van der Waals surface area (Å²) in [5.74, 6) is 3.92. The maximum absolute atomic E-state index is 5.66. The second-order valence-corrected chi connectivity index (χ2v) is 5.44. The molecule has 0 atom stereocenters. The molecule has 2 nitrogen and oxygen atoms in total. The van der Waals surface area contributed by atoms with Gasteiger partial charge in [0.2, 0.25) is 0 Å². The highest BCUT2D eigenvalue weighted by Crippen LogP contribution is 2.15. The fraction of sp³-hybridized carbons (Fsp3) is 0.538. The van der Waals surface area contributed by atoms with Gasteiger partial charge in [-0.05, 0) is 30.2 Å². The highest BCUT2D eigenvalue weighted by molar-refractivity contribution is 7.99. The quantitative estimate of drug-likeness (QED) is 0.585. The lowest BCUT2D eigenvalue weighted by Gasteiger charge is -2.07. The van der Waals surface area contributed by atoms with Gasteiger partial charge in [0.25, 0.3) is 0 Å². The Kier molecular flexibility index (Phi) is 6.16. The third-order valence-corrected chi connectivity index (χ3v) is 3.17. The number of rotatable bonds is 7. The summed E-state index contributed by atoms with van der Waals surface area (Å²) < 4.78 is 5.59. The summed E-state index contributed by atoms with van der Waals surface area (Å²) in [6, 6.07) is 7.58. The Morgan fingerprint density at radius 3 is 2.81 bits per heavy atom. The molecule has 0 fully saturated rings. The zero-order valence-corrected chi connectivity index (χ0v) is 10.9. The molecule has 0 heterocycles. The van der Waals surface area contributed by atoms with Crippen molar-refractivity contribution in [3.8, 4) is 5.75 Å². The lowest BCUT2D eigenvalue weighted by atomic mass is 10.2. The summed E-state index contributed by atoms with van der Waals surface area (Å²) in [6.45, 7) is 5.26. The third-order valence-electron chi connectivity index (χ3n) is 2.19. The topological polar surface area (TPSA) is 35.2 Å². The maximum atomic E-state index is 5.66. The van der Waals surface area contributed by atoms with Crippen molar-refractivity contribution >= 4 is 17.4 Å². The minimum absolute atomic E-state index is 0.755. The minimum atomic E-state index is 0.755. The van der Waals surface area contributed by atoms with Gasteiger partial charge in [-0.2, -0.15) is 11.8 Å². The van der Waals surface area contributed by atoms with Crippen LogP contribution in [0.1, 0.15) is 20.3 Å². The van der Waals surface area contributed by atoms with E-state index >= 15 is 0 Å². The van der Waals surface area contributed by atoms with Gasteiger partial charge in [0.15, 0.2) is 0 Å². The van der Waals surface area contributed by atoms with Crippen LogP contribution in [0.4, 0.5) is 5.69 Å². The largest absolute Gasteiger partial charge is 0.493 e. The third kappa shape index (κ3) is 5.91. The van der Waals surface area contributed by atoms with Crippen molar-refractivity contribution in [2.75, 3.05) is 23.8 Å². The van der Waals surface area contributed by atoms with E-state index in [9.17, 15) is 0 Å². The van der Waals surface area contributed by atoms with Crippen LogP contribution in [0.2, 0.25) is 0 Å². The Labute approximate surface area is 103 Å². The molecule has 0 unspecified atom stereocenters. The van der Waals surface area contributed by atoms with Gasteiger partial charge in [-0.1, -0.05) is 19.9 Å². The van der Waals surface area contributed by atoms with Crippen molar-refractivity contribution in [3.63, 3.8) is 0 Å². The van der Waals surface area contributed by atoms with Crippen molar-refractivity contribution < 1.29 is 4.74 Å². The van der Waals surface area contributed by atoms with Crippen molar-refractivity contribution in [1.29, 1.82) is 0 Å². The number of nitrogen functional groups attached to an aromatic ring is 1. The molecule has 1 aromatic rings. The SMILES string of the molecule is CC(C)CCSCCOc1cccc(N)c1. The van der Waals surface area contributed by atoms with Crippen LogP contribution < -0.4 is 10.5 Å². The molecule has 90 valence electrons. The Morgan fingerprint density at radius 1 is 1.31 bits per heavy atom. The molecular weight excluding hydrogens is 218 g/mol. The first-order valence-corrected chi connectivity index (χ1v) is 6.90. The van der Waals surface area contributed by atoms with E-state index in [0.29, 0.717) is 0 Å². The maximum Gasteiger partial charge on any atom is 0.121 e. The van der Waals surface area contributed by atoms with Crippen molar-refractivity contribution in [2.24, 2.45) is 5.92 Å². The molecule has 1 rings (SSSR count). The van der Waals surface area contributed by atoms with Crippen LogP contribution in [0.5, 0.6) is 5.75 Å². The molecule has 0 saturated carbocycles. The van der Waals surface area contributed by atoms with Crippen molar-refractivity contribution in [1.82, 2.24) is 0 Å². The monoisotopic (exact) mass is 239 g/mol. The fourth-order valence-electron chi connectivity index (χ4n) is 1.24. The Bertz CT molecular complexity index is 302. The average Bonchev–Trinajstić information content (AvgIpc) is 2.23. The molecule has 1 aromatic carbocycles. The van der Waals surface area contributed by atoms with Gasteiger partial charge in [0.1, 0.15) is 5.75 Å². The molecule has 0 radical (unpaired) electrons. The molecule has 3 heteroatoms. The molecule has 0 bridgehead atoms. The smallest absolute Gasteiger partial charge is 0.121 e. The normalized spacial score (nSPS) is 10.7. The zero-order valence-electron chi connectivity index (χ0n) is 10.1. The molecule has 2 N–H and O–H groups in total. The average molecular weight is 239 g/mol. The summed E-state index contributed by atoms with van der Waals surface area (Å²) in [4.78, 5) is 0. The van der Waals surface area contributed by atoms with Crippen LogP contribution >= 0.6 is 11.8 Å². The molecule has 0 aliphatic carbocycles. The highest BCUT2D eigenvalue weighted by Gasteiger charge is 1.96. The van der Waals surface area contributed by atoms with Gasteiger partial charge < -0.3 is 10.5 Å². The molecule has 0 aliphatic rings. The number of thioether (sulfide) groups is 1. The van der Waals surface area contributed by atoms with E-state index < -0.39 is 0 Å². The summed E-state index contributed by atoms with van der Waals surface area (Å²) in [7, 11) is 0. The first-order chi connectivity index (χ1) is 7.68. The van der Waals surface area contributed by atoms with Gasteiger partial charge in [-0.15, -0.1) is 0 Å². The van der Waals surface area contributed by atoms with Crippen LogP contribution in [0.15, 0.2) is 24.3 Å². The van der Waals surface area contributed by atoms with E-state index in [0.717, 1.165) is 29.7 Å². The number of nitrogens with two attached hydrogens (primary N) is 1. The second kappa shape index (κ2) is 7.44. The number of benzene rings is 1. The Hall–Kier alpha value is -0.830. The standard InChI is InChI=1S/C13H21NOS/c1-11(2)6-8-16-9-7-15-13-5-3-4-12(14)10-13/h3-5,10-11H,6-9,14H2,1-2H3. The van der Waals surface area contributed by atoms with Crippen molar-refractivity contribution in [3.05, 3.63) is 24.3 Å². The molecule has 0 saturated heterocycles. The van der Waals surface area contributed by atoms with Gasteiger partial charge in [0.05, 0.1) is 6.61 Å². The minimum Gasteiger partial charge on any atom is -0.493 e. The summed E-state index contributed by atoms with van der Waals surface area (Å²) in [5.41, 5.74) is 6.41. The number of anilines is 1. The van der Waals surface area contributed by atoms with Gasteiger partial charge >= 0.3 is 0 Å². The second-order valence-electron chi connectivity index (χ2n) is 4.22. The van der Waals surface area contributed by atoms with E-state index in [4.69, 9.17) is 10.5 Å². The Balaban J connectivity index is 2.07. The van der Waals surface area contributed by atoms with E-state index in [1.165, 1.54) is 12.2 Å². The van der Waals surface area contributed by atoms with Crippen LogP contribution in [0.25, 0.3) is 0 Å². The van der Waals surface area contributed by atoms with Crippen LogP contribution in [-0.2, 0) is 0 Å². The molecule has 0 aromatic heterocycles. The first-order valence-electron chi connectivity index (χ1n) is 5.74.